The molecule has 0 saturated carbocycles. The smallest absolute Gasteiger partial charge is 0.507 e. The van der Waals surface area contributed by atoms with Crippen LogP contribution in [0.1, 0.15) is 18.4 Å². The van der Waals surface area contributed by atoms with Crippen LogP contribution in [-0.2, 0) is 4.79 Å². The van der Waals surface area contributed by atoms with Gasteiger partial charge < -0.3 is 20.7 Å². The SMILES string of the molecule is NCCCC(N=Cc1cc(OC(F)(F)F)ccc1O)C(=O)O. The van der Waals surface area contributed by atoms with Crippen molar-refractivity contribution in [1.29, 1.82) is 0 Å². The van der Waals surface area contributed by atoms with Crippen molar-refractivity contribution in [3.63, 3.8) is 0 Å². The number of carboxylic acid groups (broad SMARTS) is 1. The van der Waals surface area contributed by atoms with E-state index in [-0.39, 0.29) is 17.7 Å². The van der Waals surface area contributed by atoms with Crippen molar-refractivity contribution in [3.05, 3.63) is 23.8 Å². The Kier molecular flexibility index (Phi) is 6.17. The van der Waals surface area contributed by atoms with Crippen LogP contribution in [0.4, 0.5) is 13.2 Å². The minimum absolute atomic E-state index is 0.0826. The van der Waals surface area contributed by atoms with Gasteiger partial charge in [0.05, 0.1) is 0 Å². The number of carboxylic acids is 1. The Morgan fingerprint density at radius 1 is 1.45 bits per heavy atom. The highest BCUT2D eigenvalue weighted by molar-refractivity contribution is 5.86. The van der Waals surface area contributed by atoms with Crippen LogP contribution in [0, 0.1) is 0 Å². The van der Waals surface area contributed by atoms with E-state index in [1.54, 1.807) is 0 Å². The summed E-state index contributed by atoms with van der Waals surface area (Å²) in [6.45, 7) is 0.291. The number of benzene rings is 1. The van der Waals surface area contributed by atoms with Gasteiger partial charge in [0.2, 0.25) is 0 Å². The molecule has 0 radical (unpaired) electrons. The highest BCUT2D eigenvalue weighted by Gasteiger charge is 2.31. The maximum absolute atomic E-state index is 12.1. The number of hydrogen-bond acceptors (Lipinski definition) is 5. The van der Waals surface area contributed by atoms with Crippen molar-refractivity contribution in [2.75, 3.05) is 6.54 Å². The summed E-state index contributed by atoms with van der Waals surface area (Å²) >= 11 is 0. The highest BCUT2D eigenvalue weighted by Crippen LogP contribution is 2.27. The molecule has 0 heterocycles. The normalized spacial score (nSPS) is 13.3. The molecular weight excluding hydrogens is 305 g/mol. The van der Waals surface area contributed by atoms with Crippen molar-refractivity contribution in [2.45, 2.75) is 25.2 Å². The summed E-state index contributed by atoms with van der Waals surface area (Å²) in [6.07, 6.45) is -3.26. The molecule has 22 heavy (non-hydrogen) atoms. The molecule has 9 heteroatoms. The molecule has 1 rings (SSSR count). The number of phenolic OH excluding ortho intramolecular Hbond substituents is 1. The van der Waals surface area contributed by atoms with E-state index in [0.29, 0.717) is 13.0 Å². The van der Waals surface area contributed by atoms with E-state index >= 15 is 0 Å². The fourth-order valence-electron chi connectivity index (χ4n) is 1.58. The second kappa shape index (κ2) is 7.64. The zero-order chi connectivity index (χ0) is 16.8. The van der Waals surface area contributed by atoms with E-state index in [1.165, 1.54) is 0 Å². The first kappa shape index (κ1) is 17.8. The summed E-state index contributed by atoms with van der Waals surface area (Å²) in [4.78, 5) is 14.7. The topological polar surface area (TPSA) is 105 Å². The molecule has 1 aromatic carbocycles. The molecule has 0 aliphatic heterocycles. The molecule has 0 fully saturated rings. The largest absolute Gasteiger partial charge is 0.573 e. The molecule has 122 valence electrons. The third-order valence-corrected chi connectivity index (χ3v) is 2.59. The Hall–Kier alpha value is -2.29. The number of carbonyl (C=O) groups is 1. The van der Waals surface area contributed by atoms with Crippen LogP contribution in [0.3, 0.4) is 0 Å². The number of alkyl halides is 3. The highest BCUT2D eigenvalue weighted by atomic mass is 19.4. The average molecular weight is 320 g/mol. The molecule has 0 saturated heterocycles. The summed E-state index contributed by atoms with van der Waals surface area (Å²) in [5.74, 6) is -2.08. The van der Waals surface area contributed by atoms with Gasteiger partial charge in [-0.05, 0) is 37.6 Å². The first-order chi connectivity index (χ1) is 10.2. The third-order valence-electron chi connectivity index (χ3n) is 2.59. The lowest BCUT2D eigenvalue weighted by atomic mass is 10.1. The number of nitrogens with two attached hydrogens (primary N) is 1. The number of aliphatic imine (C=N–C) groups is 1. The second-order valence-electron chi connectivity index (χ2n) is 4.33. The Labute approximate surface area is 124 Å². The van der Waals surface area contributed by atoms with Crippen molar-refractivity contribution >= 4 is 12.2 Å². The molecule has 0 amide bonds. The second-order valence-corrected chi connectivity index (χ2v) is 4.33. The number of nitrogens with zero attached hydrogens (tertiary/aromatic N) is 1. The molecule has 0 spiro atoms. The van der Waals surface area contributed by atoms with Crippen molar-refractivity contribution in [3.8, 4) is 11.5 Å². The number of phenols is 1. The minimum Gasteiger partial charge on any atom is -0.507 e. The third kappa shape index (κ3) is 6.00. The van der Waals surface area contributed by atoms with Gasteiger partial charge in [0.15, 0.2) is 0 Å². The van der Waals surface area contributed by atoms with Gasteiger partial charge in [-0.15, -0.1) is 13.2 Å². The summed E-state index contributed by atoms with van der Waals surface area (Å²) in [5.41, 5.74) is 5.20. The summed E-state index contributed by atoms with van der Waals surface area (Å²) in [7, 11) is 0. The van der Waals surface area contributed by atoms with E-state index in [1.807, 2.05) is 0 Å². The summed E-state index contributed by atoms with van der Waals surface area (Å²) in [6, 6.07) is 1.75. The Balaban J connectivity index is 2.92. The number of ether oxygens (including phenoxy) is 1. The molecule has 0 aliphatic rings. The zero-order valence-electron chi connectivity index (χ0n) is 11.4. The number of hydrogen-bond donors (Lipinski definition) is 3. The molecule has 0 aliphatic carbocycles. The lowest BCUT2D eigenvalue weighted by molar-refractivity contribution is -0.274. The van der Waals surface area contributed by atoms with Gasteiger partial charge in [0.1, 0.15) is 17.5 Å². The summed E-state index contributed by atoms with van der Waals surface area (Å²) in [5, 5.41) is 18.5. The van der Waals surface area contributed by atoms with Crippen LogP contribution in [0.2, 0.25) is 0 Å². The average Bonchev–Trinajstić information content (AvgIpc) is 2.40. The minimum atomic E-state index is -4.86. The lowest BCUT2D eigenvalue weighted by Crippen LogP contribution is -2.19. The first-order valence-corrected chi connectivity index (χ1v) is 6.27. The maximum atomic E-state index is 12.1. The Morgan fingerprint density at radius 3 is 2.68 bits per heavy atom. The van der Waals surface area contributed by atoms with Crippen LogP contribution in [0.25, 0.3) is 0 Å². The van der Waals surface area contributed by atoms with Crippen LogP contribution in [-0.4, -0.2) is 41.3 Å². The monoisotopic (exact) mass is 320 g/mol. The van der Waals surface area contributed by atoms with Crippen LogP contribution < -0.4 is 10.5 Å². The van der Waals surface area contributed by atoms with Crippen molar-refractivity contribution < 1.29 is 32.9 Å². The van der Waals surface area contributed by atoms with E-state index < -0.39 is 24.1 Å². The molecular formula is C13H15F3N2O4. The fraction of sp³-hybridized carbons (Fsp3) is 0.385. The predicted octanol–water partition coefficient (Wildman–Crippen LogP) is 1.90. The van der Waals surface area contributed by atoms with Gasteiger partial charge in [0, 0.05) is 11.8 Å². The molecule has 6 nitrogen and oxygen atoms in total. The summed E-state index contributed by atoms with van der Waals surface area (Å²) < 4.78 is 40.1. The molecule has 0 aromatic heterocycles. The Morgan fingerprint density at radius 2 is 2.14 bits per heavy atom. The van der Waals surface area contributed by atoms with E-state index in [2.05, 4.69) is 9.73 Å². The van der Waals surface area contributed by atoms with Gasteiger partial charge in [-0.3, -0.25) is 4.99 Å². The number of aliphatic carboxylic acids is 1. The fourth-order valence-corrected chi connectivity index (χ4v) is 1.58. The van der Waals surface area contributed by atoms with E-state index in [4.69, 9.17) is 10.8 Å². The zero-order valence-corrected chi connectivity index (χ0v) is 11.4. The van der Waals surface area contributed by atoms with Crippen molar-refractivity contribution in [1.82, 2.24) is 0 Å². The predicted molar refractivity (Wildman–Crippen MR) is 72.1 cm³/mol. The van der Waals surface area contributed by atoms with Gasteiger partial charge in [-0.2, -0.15) is 0 Å². The van der Waals surface area contributed by atoms with Crippen LogP contribution in [0.15, 0.2) is 23.2 Å². The van der Waals surface area contributed by atoms with Gasteiger partial charge in [-0.25, -0.2) is 4.79 Å². The van der Waals surface area contributed by atoms with Crippen LogP contribution in [0.5, 0.6) is 11.5 Å². The molecule has 1 unspecified atom stereocenters. The first-order valence-electron chi connectivity index (χ1n) is 6.27. The van der Waals surface area contributed by atoms with E-state index in [0.717, 1.165) is 24.4 Å². The van der Waals surface area contributed by atoms with Gasteiger partial charge in [-0.1, -0.05) is 0 Å². The number of aromatic hydroxyl groups is 1. The van der Waals surface area contributed by atoms with Crippen molar-refractivity contribution in [2.24, 2.45) is 10.7 Å². The van der Waals surface area contributed by atoms with Gasteiger partial charge >= 0.3 is 12.3 Å². The molecule has 1 aromatic rings. The quantitative estimate of drug-likeness (QED) is 0.666. The molecule has 4 N–H and O–H groups in total. The maximum Gasteiger partial charge on any atom is 0.573 e. The molecule has 1 atom stereocenters. The standard InChI is InChI=1S/C13H15F3N2O4/c14-13(15,16)22-9-3-4-11(19)8(6-9)7-18-10(12(20)21)2-1-5-17/h3-4,6-7,10,19H,1-2,5,17H2,(H,20,21). The lowest BCUT2D eigenvalue weighted by Gasteiger charge is -2.10. The number of halogens is 3. The Bertz CT molecular complexity index is 547. The van der Waals surface area contributed by atoms with Gasteiger partial charge in [0.25, 0.3) is 0 Å². The number of rotatable bonds is 7. The molecule has 0 bridgehead atoms. The van der Waals surface area contributed by atoms with E-state index in [9.17, 15) is 23.1 Å². The van der Waals surface area contributed by atoms with Crippen LogP contribution >= 0.6 is 0 Å².